The van der Waals surface area contributed by atoms with Gasteiger partial charge >= 0.3 is 70.8 Å². The Balaban J connectivity index is 2.39. The molecule has 0 radical (unpaired) electrons. The van der Waals surface area contributed by atoms with Gasteiger partial charge in [0.05, 0.1) is 0 Å². The minimum absolute atomic E-state index is 0.499. The summed E-state index contributed by atoms with van der Waals surface area (Å²) < 4.78 is 2.33. The second-order valence-electron chi connectivity index (χ2n) is 2.41. The second kappa shape index (κ2) is 2.42. The van der Waals surface area contributed by atoms with E-state index in [1.54, 1.807) is 0 Å². The molecule has 1 heterocycles. The fourth-order valence-electron chi connectivity index (χ4n) is 1.01. The van der Waals surface area contributed by atoms with Gasteiger partial charge in [0, 0.05) is 0 Å². The Morgan fingerprint density at radius 2 is 2.10 bits per heavy atom. The van der Waals surface area contributed by atoms with E-state index in [0.29, 0.717) is 21.2 Å². The molecule has 2 heteroatoms. The summed E-state index contributed by atoms with van der Waals surface area (Å²) in [6, 6.07) is 8.23. The van der Waals surface area contributed by atoms with Gasteiger partial charge in [0.2, 0.25) is 0 Å². The molecule has 1 atom stereocenters. The first kappa shape index (κ1) is 6.46. The van der Waals surface area contributed by atoms with Gasteiger partial charge in [-0.1, -0.05) is 0 Å². The van der Waals surface area contributed by atoms with E-state index in [1.165, 1.54) is 9.99 Å². The second-order valence-corrected chi connectivity index (χ2v) is 5.67. The van der Waals surface area contributed by atoms with Crippen molar-refractivity contribution in [1.82, 2.24) is 0 Å². The Morgan fingerprint density at radius 1 is 1.40 bits per heavy atom. The molecule has 1 unspecified atom stereocenters. The van der Waals surface area contributed by atoms with Crippen LogP contribution in [0.3, 0.4) is 0 Å². The predicted octanol–water partition coefficient (Wildman–Crippen LogP) is -1.59. The standard InChI is InChI=1S/C8H9IN/c10-8-4-2-1-3-6(8)7-5-9-7/h1-4,7H,5,10H2/q-1. The number of rotatable bonds is 1. The zero-order valence-electron chi connectivity index (χ0n) is 5.55. The van der Waals surface area contributed by atoms with Gasteiger partial charge in [-0.05, 0) is 0 Å². The number of benzene rings is 1. The van der Waals surface area contributed by atoms with E-state index in [0.717, 1.165) is 9.61 Å². The van der Waals surface area contributed by atoms with Crippen molar-refractivity contribution in [2.75, 3.05) is 10.2 Å². The Kier molecular flexibility index (Phi) is 1.56. The van der Waals surface area contributed by atoms with Gasteiger partial charge in [0.1, 0.15) is 0 Å². The van der Waals surface area contributed by atoms with E-state index in [9.17, 15) is 0 Å². The number of hydrogen-bond donors (Lipinski definition) is 1. The van der Waals surface area contributed by atoms with Gasteiger partial charge in [-0.15, -0.1) is 0 Å². The van der Waals surface area contributed by atoms with Crippen molar-refractivity contribution < 1.29 is 21.2 Å². The molecule has 0 aliphatic carbocycles. The van der Waals surface area contributed by atoms with Crippen molar-refractivity contribution in [3.63, 3.8) is 0 Å². The summed E-state index contributed by atoms with van der Waals surface area (Å²) in [6.45, 7) is 0. The molecule has 0 amide bonds. The van der Waals surface area contributed by atoms with Crippen molar-refractivity contribution in [3.05, 3.63) is 29.8 Å². The van der Waals surface area contributed by atoms with E-state index in [-0.39, 0.29) is 0 Å². The first-order chi connectivity index (χ1) is 4.88. The van der Waals surface area contributed by atoms with Gasteiger partial charge in [0.15, 0.2) is 0 Å². The molecule has 0 bridgehead atoms. The molecule has 1 aromatic carbocycles. The molecular formula is C8H9IN-. The van der Waals surface area contributed by atoms with E-state index < -0.39 is 0 Å². The molecule has 1 aliphatic heterocycles. The van der Waals surface area contributed by atoms with Crippen molar-refractivity contribution in [2.45, 2.75) is 3.92 Å². The summed E-state index contributed by atoms with van der Waals surface area (Å²) in [7, 11) is 0. The Bertz CT molecular complexity index is 243. The van der Waals surface area contributed by atoms with Gasteiger partial charge in [0.25, 0.3) is 0 Å². The zero-order chi connectivity index (χ0) is 6.97. The quantitative estimate of drug-likeness (QED) is 0.361. The van der Waals surface area contributed by atoms with E-state index in [2.05, 4.69) is 12.1 Å². The van der Waals surface area contributed by atoms with E-state index in [4.69, 9.17) is 5.73 Å². The summed E-state index contributed by atoms with van der Waals surface area (Å²) in [5.41, 5.74) is 8.17. The first-order valence-corrected chi connectivity index (χ1v) is 6.07. The zero-order valence-corrected chi connectivity index (χ0v) is 7.71. The average Bonchev–Trinajstić information content (AvgIpc) is 2.71. The summed E-state index contributed by atoms with van der Waals surface area (Å²) in [4.78, 5) is 0. The molecule has 2 N–H and O–H groups in total. The third-order valence-electron chi connectivity index (χ3n) is 1.64. The molecule has 1 aromatic rings. The summed E-state index contributed by atoms with van der Waals surface area (Å²) in [5, 5.41) is 0. The molecule has 0 aromatic heterocycles. The van der Waals surface area contributed by atoms with E-state index in [1.807, 2.05) is 12.1 Å². The Labute approximate surface area is 70.9 Å². The monoisotopic (exact) mass is 246 g/mol. The van der Waals surface area contributed by atoms with Crippen LogP contribution in [-0.4, -0.2) is 4.43 Å². The average molecular weight is 246 g/mol. The van der Waals surface area contributed by atoms with Crippen molar-refractivity contribution in [3.8, 4) is 0 Å². The van der Waals surface area contributed by atoms with Gasteiger partial charge in [-0.3, -0.25) is 0 Å². The van der Waals surface area contributed by atoms with Crippen LogP contribution in [-0.2, 0) is 0 Å². The van der Waals surface area contributed by atoms with E-state index >= 15 is 0 Å². The van der Waals surface area contributed by atoms with Crippen LogP contribution in [0.4, 0.5) is 5.69 Å². The van der Waals surface area contributed by atoms with Crippen molar-refractivity contribution in [1.29, 1.82) is 0 Å². The van der Waals surface area contributed by atoms with Gasteiger partial charge in [-0.2, -0.15) is 0 Å². The predicted molar refractivity (Wildman–Crippen MR) is 38.5 cm³/mol. The van der Waals surface area contributed by atoms with Crippen molar-refractivity contribution >= 4 is 5.69 Å². The molecule has 1 saturated heterocycles. The molecule has 1 aliphatic rings. The van der Waals surface area contributed by atoms with Crippen LogP contribution in [0.15, 0.2) is 24.3 Å². The topological polar surface area (TPSA) is 26.0 Å². The van der Waals surface area contributed by atoms with Crippen LogP contribution in [0, 0.1) is 0 Å². The normalized spacial score (nSPS) is 23.4. The molecule has 0 spiro atoms. The van der Waals surface area contributed by atoms with Crippen LogP contribution in [0.2, 0.25) is 0 Å². The molecule has 1 fully saturated rings. The Hall–Kier alpha value is -0.250. The molecule has 10 heavy (non-hydrogen) atoms. The number of nitrogens with two attached hydrogens (primary N) is 1. The first-order valence-electron chi connectivity index (χ1n) is 3.30. The summed E-state index contributed by atoms with van der Waals surface area (Å²) >= 11 is 0.499. The van der Waals surface area contributed by atoms with Gasteiger partial charge in [-0.25, -0.2) is 0 Å². The summed E-state index contributed by atoms with van der Waals surface area (Å²) in [5.74, 6) is 0. The van der Waals surface area contributed by atoms with Crippen LogP contribution in [0.5, 0.6) is 0 Å². The molecule has 2 rings (SSSR count). The molecule has 1 nitrogen and oxygen atoms in total. The fourth-order valence-corrected chi connectivity index (χ4v) is 2.78. The number of nitrogen functional groups attached to an aromatic ring is 1. The molecular weight excluding hydrogens is 237 g/mol. The minimum atomic E-state index is 0.499. The van der Waals surface area contributed by atoms with Crippen molar-refractivity contribution in [2.24, 2.45) is 0 Å². The third-order valence-corrected chi connectivity index (χ3v) is 4.07. The number of para-hydroxylation sites is 1. The number of halogens is 1. The van der Waals surface area contributed by atoms with Crippen LogP contribution < -0.4 is 26.9 Å². The van der Waals surface area contributed by atoms with Gasteiger partial charge < -0.3 is 0 Å². The number of alkyl halides is 2. The van der Waals surface area contributed by atoms with Crippen LogP contribution in [0.25, 0.3) is 0 Å². The number of hydrogen-bond acceptors (Lipinski definition) is 1. The third kappa shape index (κ3) is 1.12. The SMILES string of the molecule is Nc1ccccc1C1C[I-]1. The fraction of sp³-hybridized carbons (Fsp3) is 0.250. The van der Waals surface area contributed by atoms with Crippen LogP contribution in [0.1, 0.15) is 9.49 Å². The maximum atomic E-state index is 5.78. The number of anilines is 1. The van der Waals surface area contributed by atoms with Crippen LogP contribution >= 0.6 is 0 Å². The Morgan fingerprint density at radius 3 is 2.70 bits per heavy atom. The molecule has 54 valence electrons. The maximum absolute atomic E-state index is 5.78. The molecule has 0 saturated carbocycles. The summed E-state index contributed by atoms with van der Waals surface area (Å²) in [6.07, 6.45) is 0.